The zero-order chi connectivity index (χ0) is 13.5. The Morgan fingerprint density at radius 3 is 2.78 bits per heavy atom. The van der Waals surface area contributed by atoms with Gasteiger partial charge in [-0.15, -0.1) is 0 Å². The van der Waals surface area contributed by atoms with Crippen molar-refractivity contribution in [3.8, 4) is 0 Å². The van der Waals surface area contributed by atoms with Crippen LogP contribution in [-0.2, 0) is 14.3 Å². The van der Waals surface area contributed by atoms with Crippen molar-refractivity contribution in [2.75, 3.05) is 19.7 Å². The average Bonchev–Trinajstić information content (AvgIpc) is 2.84. The molecule has 0 saturated heterocycles. The molecule has 0 heterocycles. The van der Waals surface area contributed by atoms with E-state index in [1.807, 2.05) is 0 Å². The fourth-order valence-electron chi connectivity index (χ4n) is 2.42. The first-order chi connectivity index (χ1) is 8.60. The standard InChI is InChI=1S/C13H24N2O3/c1-3-18-13(17)9(2)8-15-12(16)11-6-4-5-10(11)7-14/h9-11H,3-8,14H2,1-2H3,(H,15,16)/t9?,10-,11-/m1/s1. The molecule has 1 fully saturated rings. The van der Waals surface area contributed by atoms with Crippen LogP contribution in [0.25, 0.3) is 0 Å². The molecule has 104 valence electrons. The van der Waals surface area contributed by atoms with Crippen LogP contribution in [0.4, 0.5) is 0 Å². The first kappa shape index (κ1) is 15.0. The fourth-order valence-corrected chi connectivity index (χ4v) is 2.42. The largest absolute Gasteiger partial charge is 0.466 e. The van der Waals surface area contributed by atoms with Crippen molar-refractivity contribution >= 4 is 11.9 Å². The Balaban J connectivity index is 2.34. The van der Waals surface area contributed by atoms with Gasteiger partial charge in [0.1, 0.15) is 0 Å². The van der Waals surface area contributed by atoms with E-state index in [2.05, 4.69) is 5.32 Å². The number of carbonyl (C=O) groups excluding carboxylic acids is 2. The Hall–Kier alpha value is -1.10. The number of hydrogen-bond acceptors (Lipinski definition) is 4. The molecule has 0 aliphatic heterocycles. The Morgan fingerprint density at radius 2 is 2.17 bits per heavy atom. The van der Waals surface area contributed by atoms with E-state index in [1.54, 1.807) is 13.8 Å². The van der Waals surface area contributed by atoms with Gasteiger partial charge in [0.25, 0.3) is 0 Å². The first-order valence-corrected chi connectivity index (χ1v) is 6.74. The van der Waals surface area contributed by atoms with Gasteiger partial charge in [0, 0.05) is 12.5 Å². The minimum absolute atomic E-state index is 0.0180. The highest BCUT2D eigenvalue weighted by molar-refractivity contribution is 5.80. The minimum Gasteiger partial charge on any atom is -0.466 e. The molecule has 0 aromatic carbocycles. The highest BCUT2D eigenvalue weighted by atomic mass is 16.5. The van der Waals surface area contributed by atoms with E-state index in [0.717, 1.165) is 19.3 Å². The van der Waals surface area contributed by atoms with E-state index in [0.29, 0.717) is 25.6 Å². The van der Waals surface area contributed by atoms with Crippen LogP contribution < -0.4 is 11.1 Å². The van der Waals surface area contributed by atoms with Crippen molar-refractivity contribution < 1.29 is 14.3 Å². The summed E-state index contributed by atoms with van der Waals surface area (Å²) < 4.78 is 4.89. The number of nitrogens with two attached hydrogens (primary N) is 1. The van der Waals surface area contributed by atoms with Crippen LogP contribution in [-0.4, -0.2) is 31.6 Å². The minimum atomic E-state index is -0.299. The van der Waals surface area contributed by atoms with E-state index in [-0.39, 0.29) is 23.7 Å². The molecule has 1 aliphatic rings. The van der Waals surface area contributed by atoms with Crippen LogP contribution in [0.15, 0.2) is 0 Å². The monoisotopic (exact) mass is 256 g/mol. The Kier molecular flexibility index (Phi) is 6.12. The SMILES string of the molecule is CCOC(=O)C(C)CNC(=O)[C@@H]1CCC[C@@H]1CN. The summed E-state index contributed by atoms with van der Waals surface area (Å²) in [6.07, 6.45) is 3.00. The van der Waals surface area contributed by atoms with E-state index in [9.17, 15) is 9.59 Å². The molecule has 0 spiro atoms. The maximum atomic E-state index is 12.0. The van der Waals surface area contributed by atoms with Gasteiger partial charge in [0.05, 0.1) is 12.5 Å². The molecule has 1 amide bonds. The number of rotatable bonds is 6. The van der Waals surface area contributed by atoms with Crippen molar-refractivity contribution in [1.29, 1.82) is 0 Å². The molecular weight excluding hydrogens is 232 g/mol. The molecule has 1 rings (SSSR count). The smallest absolute Gasteiger partial charge is 0.310 e. The zero-order valence-corrected chi connectivity index (χ0v) is 11.3. The summed E-state index contributed by atoms with van der Waals surface area (Å²) in [4.78, 5) is 23.4. The topological polar surface area (TPSA) is 81.4 Å². The van der Waals surface area contributed by atoms with Gasteiger partial charge in [-0.05, 0) is 32.2 Å². The van der Waals surface area contributed by atoms with E-state index >= 15 is 0 Å². The third-order valence-electron chi connectivity index (χ3n) is 3.57. The second-order valence-electron chi connectivity index (χ2n) is 4.93. The van der Waals surface area contributed by atoms with E-state index < -0.39 is 0 Å². The molecule has 3 N–H and O–H groups in total. The summed E-state index contributed by atoms with van der Waals surface area (Å²) in [7, 11) is 0. The lowest BCUT2D eigenvalue weighted by Crippen LogP contribution is -2.38. The molecule has 1 unspecified atom stereocenters. The predicted molar refractivity (Wildman–Crippen MR) is 68.7 cm³/mol. The quantitative estimate of drug-likeness (QED) is 0.685. The maximum absolute atomic E-state index is 12.0. The summed E-state index contributed by atoms with van der Waals surface area (Å²) in [5, 5.41) is 2.83. The molecule has 3 atom stereocenters. The van der Waals surface area contributed by atoms with Crippen LogP contribution in [0, 0.1) is 17.8 Å². The zero-order valence-electron chi connectivity index (χ0n) is 11.3. The Morgan fingerprint density at radius 1 is 1.44 bits per heavy atom. The molecule has 1 aliphatic carbocycles. The van der Waals surface area contributed by atoms with Gasteiger partial charge in [-0.25, -0.2) is 0 Å². The second kappa shape index (κ2) is 7.36. The van der Waals surface area contributed by atoms with Crippen molar-refractivity contribution in [2.24, 2.45) is 23.5 Å². The molecule has 18 heavy (non-hydrogen) atoms. The summed E-state index contributed by atoms with van der Waals surface area (Å²) in [6.45, 7) is 4.80. The fraction of sp³-hybridized carbons (Fsp3) is 0.846. The third-order valence-corrected chi connectivity index (χ3v) is 3.57. The average molecular weight is 256 g/mol. The van der Waals surface area contributed by atoms with E-state index in [1.165, 1.54) is 0 Å². The van der Waals surface area contributed by atoms with Crippen molar-refractivity contribution in [1.82, 2.24) is 5.32 Å². The lowest BCUT2D eigenvalue weighted by molar-refractivity contribution is -0.147. The molecule has 0 radical (unpaired) electrons. The predicted octanol–water partition coefficient (Wildman–Crippen LogP) is 0.677. The molecular formula is C13H24N2O3. The van der Waals surface area contributed by atoms with Crippen LogP contribution in [0.5, 0.6) is 0 Å². The van der Waals surface area contributed by atoms with Gasteiger partial charge < -0.3 is 15.8 Å². The number of ether oxygens (including phenoxy) is 1. The Bertz CT molecular complexity index is 294. The number of amides is 1. The Labute approximate surface area is 108 Å². The van der Waals surface area contributed by atoms with Gasteiger partial charge in [-0.1, -0.05) is 13.3 Å². The van der Waals surface area contributed by atoms with Crippen LogP contribution in [0.1, 0.15) is 33.1 Å². The molecule has 0 bridgehead atoms. The number of esters is 1. The molecule has 0 aromatic heterocycles. The second-order valence-corrected chi connectivity index (χ2v) is 4.93. The molecule has 0 aromatic rings. The lowest BCUT2D eigenvalue weighted by atomic mass is 9.95. The van der Waals surface area contributed by atoms with Crippen molar-refractivity contribution in [3.63, 3.8) is 0 Å². The number of nitrogens with one attached hydrogen (secondary N) is 1. The van der Waals surface area contributed by atoms with E-state index in [4.69, 9.17) is 10.5 Å². The molecule has 5 heteroatoms. The maximum Gasteiger partial charge on any atom is 0.310 e. The highest BCUT2D eigenvalue weighted by Gasteiger charge is 2.32. The summed E-state index contributed by atoms with van der Waals surface area (Å²) in [5.41, 5.74) is 5.65. The summed E-state index contributed by atoms with van der Waals surface area (Å²) in [6, 6.07) is 0. The van der Waals surface area contributed by atoms with Gasteiger partial charge in [-0.3, -0.25) is 9.59 Å². The van der Waals surface area contributed by atoms with Gasteiger partial charge in [0.15, 0.2) is 0 Å². The van der Waals surface area contributed by atoms with Crippen molar-refractivity contribution in [2.45, 2.75) is 33.1 Å². The van der Waals surface area contributed by atoms with Crippen molar-refractivity contribution in [3.05, 3.63) is 0 Å². The highest BCUT2D eigenvalue weighted by Crippen LogP contribution is 2.30. The van der Waals surface area contributed by atoms with Gasteiger partial charge in [-0.2, -0.15) is 0 Å². The molecule has 1 saturated carbocycles. The third kappa shape index (κ3) is 3.98. The van der Waals surface area contributed by atoms with Crippen LogP contribution in [0.2, 0.25) is 0 Å². The first-order valence-electron chi connectivity index (χ1n) is 6.74. The lowest BCUT2D eigenvalue weighted by Gasteiger charge is -2.18. The van der Waals surface area contributed by atoms with Crippen LogP contribution >= 0.6 is 0 Å². The normalized spacial score (nSPS) is 24.6. The number of hydrogen-bond donors (Lipinski definition) is 2. The van der Waals surface area contributed by atoms with Crippen LogP contribution in [0.3, 0.4) is 0 Å². The van der Waals surface area contributed by atoms with Gasteiger partial charge >= 0.3 is 5.97 Å². The number of carbonyl (C=O) groups is 2. The summed E-state index contributed by atoms with van der Waals surface area (Å²) in [5.74, 6) is -0.224. The summed E-state index contributed by atoms with van der Waals surface area (Å²) >= 11 is 0. The van der Waals surface area contributed by atoms with Gasteiger partial charge in [0.2, 0.25) is 5.91 Å². The molecule has 5 nitrogen and oxygen atoms in total.